The average Bonchev–Trinajstić information content (AvgIpc) is 3.17. The standard InChI is InChI=1S/C26H37N3O4S/c1-3-13-27-14-7-11-19-20(23(27)31)21-24(32)29(17(2)16-30)22-25(33)28(18-9-5-4-6-10-18)15-8-12-26(21,22)34-19/h7-8,11-12,17-22,30H,3-6,9-10,13-16H2,1-2H3/t17-,19+,20-,21+,22?,26+/m1/s1. The topological polar surface area (TPSA) is 81.2 Å². The molecular formula is C26H37N3O4S. The van der Waals surface area contributed by atoms with Gasteiger partial charge in [-0.05, 0) is 26.2 Å². The van der Waals surface area contributed by atoms with Gasteiger partial charge in [0.1, 0.15) is 6.04 Å². The second-order valence-electron chi connectivity index (χ2n) is 10.5. The molecule has 2 saturated heterocycles. The Morgan fingerprint density at radius 1 is 1.09 bits per heavy atom. The number of thioether (sulfide) groups is 1. The summed E-state index contributed by atoms with van der Waals surface area (Å²) < 4.78 is -0.786. The first-order valence-electron chi connectivity index (χ1n) is 13.0. The summed E-state index contributed by atoms with van der Waals surface area (Å²) in [7, 11) is 0. The minimum atomic E-state index is -0.786. The quantitative estimate of drug-likeness (QED) is 0.602. The van der Waals surface area contributed by atoms with Crippen LogP contribution in [-0.2, 0) is 14.4 Å². The van der Waals surface area contributed by atoms with Crippen molar-refractivity contribution >= 4 is 29.5 Å². The van der Waals surface area contributed by atoms with E-state index in [1.165, 1.54) is 6.42 Å². The molecule has 1 saturated carbocycles. The van der Waals surface area contributed by atoms with E-state index in [4.69, 9.17) is 0 Å². The highest BCUT2D eigenvalue weighted by atomic mass is 32.2. The summed E-state index contributed by atoms with van der Waals surface area (Å²) in [6.07, 6.45) is 14.6. The summed E-state index contributed by atoms with van der Waals surface area (Å²) in [6.45, 7) is 5.43. The molecule has 0 radical (unpaired) electrons. The zero-order chi connectivity index (χ0) is 24.0. The Labute approximate surface area is 206 Å². The predicted octanol–water partition coefficient (Wildman–Crippen LogP) is 2.20. The molecule has 6 atom stereocenters. The van der Waals surface area contributed by atoms with Gasteiger partial charge in [-0.3, -0.25) is 14.4 Å². The van der Waals surface area contributed by atoms with Crippen LogP contribution in [0.15, 0.2) is 24.3 Å². The number of hydrogen-bond donors (Lipinski definition) is 1. The first-order valence-corrected chi connectivity index (χ1v) is 13.9. The van der Waals surface area contributed by atoms with Gasteiger partial charge in [-0.25, -0.2) is 0 Å². The number of carbonyl (C=O) groups excluding carboxylic acids is 3. The molecule has 34 heavy (non-hydrogen) atoms. The number of amides is 3. The minimum absolute atomic E-state index is 0.0150. The number of carbonyl (C=O) groups is 3. The van der Waals surface area contributed by atoms with Crippen molar-refractivity contribution in [1.82, 2.24) is 14.7 Å². The molecule has 186 valence electrons. The molecule has 1 N–H and O–H groups in total. The molecular weight excluding hydrogens is 450 g/mol. The Bertz CT molecular complexity index is 900. The van der Waals surface area contributed by atoms with Crippen LogP contribution in [0.1, 0.15) is 52.4 Å². The van der Waals surface area contributed by atoms with Crippen LogP contribution in [-0.4, -0.2) is 91.9 Å². The van der Waals surface area contributed by atoms with Crippen molar-refractivity contribution in [1.29, 1.82) is 0 Å². The normalized spacial score (nSPS) is 36.9. The van der Waals surface area contributed by atoms with E-state index in [1.54, 1.807) is 23.6 Å². The smallest absolute Gasteiger partial charge is 0.247 e. The third-order valence-corrected chi connectivity index (χ3v) is 10.2. The summed E-state index contributed by atoms with van der Waals surface area (Å²) >= 11 is 1.62. The zero-order valence-electron chi connectivity index (χ0n) is 20.3. The second kappa shape index (κ2) is 9.34. The van der Waals surface area contributed by atoms with Crippen molar-refractivity contribution < 1.29 is 19.5 Å². The molecule has 3 amide bonds. The van der Waals surface area contributed by atoms with E-state index in [0.717, 1.165) is 32.1 Å². The first-order chi connectivity index (χ1) is 16.4. The fourth-order valence-corrected chi connectivity index (χ4v) is 8.89. The van der Waals surface area contributed by atoms with Crippen molar-refractivity contribution in [2.24, 2.45) is 11.8 Å². The van der Waals surface area contributed by atoms with E-state index in [1.807, 2.05) is 15.9 Å². The summed E-state index contributed by atoms with van der Waals surface area (Å²) in [5, 5.41) is 9.92. The molecule has 1 aliphatic carbocycles. The molecule has 1 spiro atoms. The minimum Gasteiger partial charge on any atom is -0.394 e. The third-order valence-electron chi connectivity index (χ3n) is 8.46. The highest BCUT2D eigenvalue weighted by Crippen LogP contribution is 2.61. The van der Waals surface area contributed by atoms with Crippen LogP contribution in [0.5, 0.6) is 0 Å². The molecule has 5 aliphatic rings. The molecule has 0 aromatic carbocycles. The lowest BCUT2D eigenvalue weighted by molar-refractivity contribution is -0.147. The molecule has 3 fully saturated rings. The number of hydrogen-bond acceptors (Lipinski definition) is 5. The lowest BCUT2D eigenvalue weighted by Crippen LogP contribution is -2.57. The summed E-state index contributed by atoms with van der Waals surface area (Å²) in [4.78, 5) is 47.5. The number of likely N-dealkylation sites (tertiary alicyclic amines) is 1. The van der Waals surface area contributed by atoms with E-state index in [9.17, 15) is 19.5 Å². The Balaban J connectivity index is 1.58. The van der Waals surface area contributed by atoms with Crippen LogP contribution in [0.2, 0.25) is 0 Å². The van der Waals surface area contributed by atoms with Gasteiger partial charge in [-0.1, -0.05) is 50.5 Å². The van der Waals surface area contributed by atoms with Crippen LogP contribution in [0.25, 0.3) is 0 Å². The maximum atomic E-state index is 14.2. The van der Waals surface area contributed by atoms with Crippen LogP contribution in [0, 0.1) is 11.8 Å². The molecule has 4 aliphatic heterocycles. The zero-order valence-corrected chi connectivity index (χ0v) is 21.1. The second-order valence-corrected chi connectivity index (χ2v) is 12.0. The number of aliphatic hydroxyl groups excluding tert-OH is 1. The maximum Gasteiger partial charge on any atom is 0.247 e. The summed E-state index contributed by atoms with van der Waals surface area (Å²) in [6, 6.07) is -0.976. The van der Waals surface area contributed by atoms with Crippen LogP contribution in [0.3, 0.4) is 0 Å². The maximum absolute atomic E-state index is 14.2. The van der Waals surface area contributed by atoms with Crippen molar-refractivity contribution in [3.8, 4) is 0 Å². The summed E-state index contributed by atoms with van der Waals surface area (Å²) in [5.74, 6) is -1.23. The first kappa shape index (κ1) is 23.9. The lowest BCUT2D eigenvalue weighted by atomic mass is 9.78. The lowest BCUT2D eigenvalue weighted by Gasteiger charge is -2.40. The van der Waals surface area contributed by atoms with Gasteiger partial charge in [0.15, 0.2) is 0 Å². The molecule has 5 rings (SSSR count). The average molecular weight is 488 g/mol. The number of nitrogens with zero attached hydrogens (tertiary/aromatic N) is 3. The Kier molecular flexibility index (Phi) is 6.57. The van der Waals surface area contributed by atoms with Crippen molar-refractivity contribution in [2.75, 3.05) is 26.2 Å². The van der Waals surface area contributed by atoms with Crippen LogP contribution in [0.4, 0.5) is 0 Å². The van der Waals surface area contributed by atoms with Crippen molar-refractivity contribution in [3.05, 3.63) is 24.3 Å². The number of rotatable bonds is 5. The molecule has 8 heteroatoms. The highest BCUT2D eigenvalue weighted by Gasteiger charge is 2.71. The Morgan fingerprint density at radius 3 is 2.56 bits per heavy atom. The van der Waals surface area contributed by atoms with Crippen molar-refractivity contribution in [2.45, 2.75) is 80.5 Å². The van der Waals surface area contributed by atoms with Gasteiger partial charge in [0, 0.05) is 30.9 Å². The van der Waals surface area contributed by atoms with Gasteiger partial charge >= 0.3 is 0 Å². The van der Waals surface area contributed by atoms with Gasteiger partial charge < -0.3 is 19.8 Å². The third kappa shape index (κ3) is 3.55. The number of fused-ring (bicyclic) bond motifs is 2. The van der Waals surface area contributed by atoms with Gasteiger partial charge in [0.05, 0.1) is 29.2 Å². The largest absolute Gasteiger partial charge is 0.394 e. The number of aliphatic hydroxyl groups is 1. The van der Waals surface area contributed by atoms with Gasteiger partial charge in [-0.2, -0.15) is 0 Å². The van der Waals surface area contributed by atoms with Crippen molar-refractivity contribution in [3.63, 3.8) is 0 Å². The van der Waals surface area contributed by atoms with Crippen LogP contribution < -0.4 is 0 Å². The Hall–Kier alpha value is -1.80. The molecule has 0 bridgehead atoms. The summed E-state index contributed by atoms with van der Waals surface area (Å²) in [5.41, 5.74) is 0. The molecule has 0 aromatic heterocycles. The van der Waals surface area contributed by atoms with E-state index in [0.29, 0.717) is 19.6 Å². The highest BCUT2D eigenvalue weighted by molar-refractivity contribution is 8.02. The molecule has 0 aromatic rings. The van der Waals surface area contributed by atoms with Gasteiger partial charge in [-0.15, -0.1) is 11.8 Å². The Morgan fingerprint density at radius 2 is 1.85 bits per heavy atom. The van der Waals surface area contributed by atoms with E-state index >= 15 is 0 Å². The fourth-order valence-electron chi connectivity index (χ4n) is 6.90. The van der Waals surface area contributed by atoms with Gasteiger partial charge in [0.2, 0.25) is 17.7 Å². The fraction of sp³-hybridized carbons (Fsp3) is 0.731. The molecule has 7 nitrogen and oxygen atoms in total. The van der Waals surface area contributed by atoms with Gasteiger partial charge in [0.25, 0.3) is 0 Å². The molecule has 1 unspecified atom stereocenters. The monoisotopic (exact) mass is 487 g/mol. The SMILES string of the molecule is CCCN1CC=C[C@@H]2S[C@]34C=CCN(C5CCCCC5)C(=O)C3N([C@H](C)CO)C(=O)[C@@H]4[C@@H]2C1=O. The van der Waals surface area contributed by atoms with Crippen LogP contribution >= 0.6 is 11.8 Å². The van der Waals surface area contributed by atoms with E-state index in [2.05, 4.69) is 25.2 Å². The van der Waals surface area contributed by atoms with E-state index in [-0.39, 0.29) is 35.6 Å². The molecule has 4 heterocycles. The van der Waals surface area contributed by atoms with E-state index < -0.39 is 28.7 Å². The predicted molar refractivity (Wildman–Crippen MR) is 132 cm³/mol.